The smallest absolute Gasteiger partial charge is 0.191 e. The summed E-state index contributed by atoms with van der Waals surface area (Å²) in [5, 5.41) is 11.2. The van der Waals surface area contributed by atoms with E-state index in [2.05, 4.69) is 78.1 Å². The summed E-state index contributed by atoms with van der Waals surface area (Å²) in [6.45, 7) is 7.33. The molecule has 0 bridgehead atoms. The van der Waals surface area contributed by atoms with Crippen molar-refractivity contribution >= 4 is 29.9 Å². The van der Waals surface area contributed by atoms with Gasteiger partial charge in [-0.05, 0) is 56.0 Å². The highest BCUT2D eigenvalue weighted by Crippen LogP contribution is 2.33. The summed E-state index contributed by atoms with van der Waals surface area (Å²) in [6.07, 6.45) is 6.12. The molecule has 0 saturated carbocycles. The number of aryl methyl sites for hydroxylation is 1. The molecule has 33 heavy (non-hydrogen) atoms. The Balaban J connectivity index is 0.00000306. The highest BCUT2D eigenvalue weighted by Gasteiger charge is 2.27. The minimum Gasteiger partial charge on any atom is -0.373 e. The van der Waals surface area contributed by atoms with Crippen molar-refractivity contribution in [2.75, 3.05) is 19.7 Å². The molecule has 2 aromatic carbocycles. The number of nitrogens with one attached hydrogen (secondary N) is 2. The molecule has 2 N–H and O–H groups in total. The molecule has 1 fully saturated rings. The lowest BCUT2D eigenvalue weighted by Crippen LogP contribution is -2.42. The minimum absolute atomic E-state index is 0. The third-order valence-corrected chi connectivity index (χ3v) is 5.85. The first-order valence-corrected chi connectivity index (χ1v) is 11.5. The third kappa shape index (κ3) is 7.04. The zero-order valence-electron chi connectivity index (χ0n) is 19.4. The molecular formula is C26H34IN5O. The van der Waals surface area contributed by atoms with Crippen LogP contribution in [0.4, 0.5) is 0 Å². The Bertz CT molecular complexity index is 987. The molecule has 1 aliphatic rings. The van der Waals surface area contributed by atoms with E-state index in [9.17, 15) is 0 Å². The first-order valence-electron chi connectivity index (χ1n) is 11.5. The monoisotopic (exact) mass is 559 g/mol. The Kier molecular flexibility index (Phi) is 9.75. The Hall–Kier alpha value is -2.39. The Morgan fingerprint density at radius 3 is 2.61 bits per heavy atom. The van der Waals surface area contributed by atoms with Gasteiger partial charge in [0.05, 0.1) is 18.3 Å². The molecular weight excluding hydrogens is 525 g/mol. The average molecular weight is 559 g/mol. The van der Waals surface area contributed by atoms with Crippen LogP contribution in [-0.4, -0.2) is 35.4 Å². The number of halogens is 1. The molecule has 1 aromatic heterocycles. The van der Waals surface area contributed by atoms with Gasteiger partial charge in [0.1, 0.15) is 0 Å². The van der Waals surface area contributed by atoms with Gasteiger partial charge >= 0.3 is 0 Å². The van der Waals surface area contributed by atoms with Crippen LogP contribution >= 0.6 is 24.0 Å². The highest BCUT2D eigenvalue weighted by atomic mass is 127. The zero-order chi connectivity index (χ0) is 22.2. The molecule has 1 saturated heterocycles. The summed E-state index contributed by atoms with van der Waals surface area (Å²) >= 11 is 0. The highest BCUT2D eigenvalue weighted by molar-refractivity contribution is 14.0. The topological polar surface area (TPSA) is 63.5 Å². The molecule has 0 spiro atoms. The van der Waals surface area contributed by atoms with E-state index in [0.29, 0.717) is 12.5 Å². The molecule has 1 aliphatic heterocycles. The number of aliphatic imine (C=N–C) groups is 1. The predicted molar refractivity (Wildman–Crippen MR) is 144 cm³/mol. The summed E-state index contributed by atoms with van der Waals surface area (Å²) in [7, 11) is 0. The van der Waals surface area contributed by atoms with E-state index < -0.39 is 0 Å². The van der Waals surface area contributed by atoms with E-state index in [4.69, 9.17) is 9.73 Å². The van der Waals surface area contributed by atoms with E-state index in [1.807, 2.05) is 16.9 Å². The maximum atomic E-state index is 6.17. The van der Waals surface area contributed by atoms with Gasteiger partial charge in [0, 0.05) is 38.0 Å². The van der Waals surface area contributed by atoms with Gasteiger partial charge < -0.3 is 15.4 Å². The van der Waals surface area contributed by atoms with Crippen molar-refractivity contribution in [2.24, 2.45) is 10.9 Å². The van der Waals surface area contributed by atoms with Crippen molar-refractivity contribution in [2.45, 2.75) is 39.3 Å². The van der Waals surface area contributed by atoms with Crippen LogP contribution in [0, 0.1) is 12.8 Å². The molecule has 4 rings (SSSR count). The van der Waals surface area contributed by atoms with Crippen molar-refractivity contribution < 1.29 is 4.74 Å². The number of benzene rings is 2. The number of aromatic nitrogens is 2. The number of nitrogens with zero attached hydrogens (tertiary/aromatic N) is 3. The number of hydrogen-bond donors (Lipinski definition) is 2. The minimum atomic E-state index is 0. The van der Waals surface area contributed by atoms with Gasteiger partial charge in [0.25, 0.3) is 0 Å². The Labute approximate surface area is 213 Å². The van der Waals surface area contributed by atoms with Gasteiger partial charge in [-0.3, -0.25) is 0 Å². The van der Waals surface area contributed by atoms with Crippen LogP contribution in [0.15, 0.2) is 72.0 Å². The molecule has 0 aliphatic carbocycles. The largest absolute Gasteiger partial charge is 0.373 e. The van der Waals surface area contributed by atoms with Gasteiger partial charge in [-0.1, -0.05) is 42.0 Å². The fourth-order valence-electron chi connectivity index (χ4n) is 4.09. The molecule has 2 atom stereocenters. The quantitative estimate of drug-likeness (QED) is 0.243. The fraction of sp³-hybridized carbons (Fsp3) is 0.385. The van der Waals surface area contributed by atoms with Crippen LogP contribution in [0.2, 0.25) is 0 Å². The molecule has 3 aromatic rings. The lowest BCUT2D eigenvalue weighted by Gasteiger charge is -2.32. The van der Waals surface area contributed by atoms with Crippen LogP contribution in [-0.2, 0) is 11.3 Å². The van der Waals surface area contributed by atoms with Crippen LogP contribution in [0.3, 0.4) is 0 Å². The zero-order valence-corrected chi connectivity index (χ0v) is 21.7. The maximum absolute atomic E-state index is 6.17. The third-order valence-electron chi connectivity index (χ3n) is 5.85. The number of hydrogen-bond acceptors (Lipinski definition) is 3. The van der Waals surface area contributed by atoms with Crippen molar-refractivity contribution in [3.05, 3.63) is 83.7 Å². The summed E-state index contributed by atoms with van der Waals surface area (Å²) < 4.78 is 8.03. The van der Waals surface area contributed by atoms with Gasteiger partial charge in [-0.15, -0.1) is 24.0 Å². The summed E-state index contributed by atoms with van der Waals surface area (Å²) in [5.74, 6) is 1.26. The molecule has 2 unspecified atom stereocenters. The molecule has 7 heteroatoms. The van der Waals surface area contributed by atoms with E-state index in [0.717, 1.165) is 49.7 Å². The predicted octanol–water partition coefficient (Wildman–Crippen LogP) is 5.02. The lowest BCUT2D eigenvalue weighted by atomic mass is 9.89. The molecule has 0 radical (unpaired) electrons. The van der Waals surface area contributed by atoms with Crippen LogP contribution in [0.5, 0.6) is 0 Å². The second kappa shape index (κ2) is 12.7. The SMILES string of the molecule is CCNC(=NCc1ccc(-n2cccn2)cc1)NCC1CCCOC1c1ccc(C)cc1.I. The van der Waals surface area contributed by atoms with Crippen molar-refractivity contribution in [3.63, 3.8) is 0 Å². The van der Waals surface area contributed by atoms with Crippen molar-refractivity contribution in [1.29, 1.82) is 0 Å². The Morgan fingerprint density at radius 2 is 1.91 bits per heavy atom. The number of ether oxygens (including phenoxy) is 1. The van der Waals surface area contributed by atoms with Crippen LogP contribution in [0.25, 0.3) is 5.69 Å². The first-order chi connectivity index (χ1) is 15.7. The second-order valence-electron chi connectivity index (χ2n) is 8.30. The number of guanidine groups is 1. The van der Waals surface area contributed by atoms with Gasteiger partial charge in [0.2, 0.25) is 0 Å². The van der Waals surface area contributed by atoms with Crippen LogP contribution < -0.4 is 10.6 Å². The first kappa shape index (κ1) is 25.2. The maximum Gasteiger partial charge on any atom is 0.191 e. The van der Waals surface area contributed by atoms with E-state index >= 15 is 0 Å². The Morgan fingerprint density at radius 1 is 1.12 bits per heavy atom. The fourth-order valence-corrected chi connectivity index (χ4v) is 4.09. The van der Waals surface area contributed by atoms with E-state index in [-0.39, 0.29) is 30.1 Å². The standard InChI is InChI=1S/C26H33N5O.HI/c1-3-27-26(28-18-21-9-13-24(14-10-21)31-16-5-15-30-31)29-19-23-6-4-17-32-25(23)22-11-7-20(2)8-12-22;/h5,7-16,23,25H,3-4,6,17-19H2,1-2H3,(H2,27,28,29);1H. The van der Waals surface area contributed by atoms with Crippen molar-refractivity contribution in [1.82, 2.24) is 20.4 Å². The second-order valence-corrected chi connectivity index (χ2v) is 8.30. The van der Waals surface area contributed by atoms with Crippen LogP contribution in [0.1, 0.15) is 42.6 Å². The van der Waals surface area contributed by atoms with E-state index in [1.54, 1.807) is 6.20 Å². The molecule has 176 valence electrons. The van der Waals surface area contributed by atoms with Crippen molar-refractivity contribution in [3.8, 4) is 5.69 Å². The normalized spacial score (nSPS) is 18.4. The molecule has 6 nitrogen and oxygen atoms in total. The van der Waals surface area contributed by atoms with Gasteiger partial charge in [-0.2, -0.15) is 5.10 Å². The molecule has 0 amide bonds. The van der Waals surface area contributed by atoms with Gasteiger partial charge in [0.15, 0.2) is 5.96 Å². The van der Waals surface area contributed by atoms with E-state index in [1.165, 1.54) is 11.1 Å². The summed E-state index contributed by atoms with van der Waals surface area (Å²) in [5.41, 5.74) is 4.75. The molecule has 2 heterocycles. The summed E-state index contributed by atoms with van der Waals surface area (Å²) in [6, 6.07) is 19.0. The number of rotatable bonds is 7. The summed E-state index contributed by atoms with van der Waals surface area (Å²) in [4.78, 5) is 4.80. The lowest BCUT2D eigenvalue weighted by molar-refractivity contribution is -0.0265. The van der Waals surface area contributed by atoms with Gasteiger partial charge in [-0.25, -0.2) is 9.67 Å². The average Bonchev–Trinajstić information content (AvgIpc) is 3.37.